The molecule has 2 heterocycles. The number of rotatable bonds is 3. The molecule has 1 saturated heterocycles. The first-order valence-corrected chi connectivity index (χ1v) is 8.35. The molecule has 4 heteroatoms. The van der Waals surface area contributed by atoms with Crippen molar-refractivity contribution in [3.05, 3.63) is 0 Å². The van der Waals surface area contributed by atoms with Gasteiger partial charge in [0, 0.05) is 5.92 Å². The molecule has 0 radical (unpaired) electrons. The van der Waals surface area contributed by atoms with Crippen LogP contribution in [0, 0.1) is 11.8 Å². The standard InChI is InChI=1S/C16H27N3O/c1-2-3-12-4-6-13(7-5-12)14-18-15(20)16(19-14)8-10-17-11-9-16/h12-13,17H,2-11H2,1H3,(H,18,19,20)/t12-,13-. The van der Waals surface area contributed by atoms with Gasteiger partial charge in [0.2, 0.25) is 0 Å². The number of aliphatic imine (C=N–C) groups is 1. The van der Waals surface area contributed by atoms with Crippen molar-refractivity contribution in [2.75, 3.05) is 13.1 Å². The fraction of sp³-hybridized carbons (Fsp3) is 0.875. The van der Waals surface area contributed by atoms with Crippen LogP contribution < -0.4 is 10.6 Å². The first-order valence-electron chi connectivity index (χ1n) is 8.35. The Bertz CT molecular complexity index is 391. The van der Waals surface area contributed by atoms with Gasteiger partial charge in [0.1, 0.15) is 11.4 Å². The Morgan fingerprint density at radius 3 is 2.55 bits per heavy atom. The predicted molar refractivity (Wildman–Crippen MR) is 80.8 cm³/mol. The predicted octanol–water partition coefficient (Wildman–Crippen LogP) is 2.24. The highest BCUT2D eigenvalue weighted by Gasteiger charge is 2.45. The molecule has 112 valence electrons. The maximum Gasteiger partial charge on any atom is 0.253 e. The van der Waals surface area contributed by atoms with E-state index in [2.05, 4.69) is 17.6 Å². The molecule has 0 aromatic carbocycles. The summed E-state index contributed by atoms with van der Waals surface area (Å²) in [6.07, 6.45) is 9.39. The lowest BCUT2D eigenvalue weighted by atomic mass is 9.79. The number of carbonyl (C=O) groups excluding carboxylic acids is 1. The second-order valence-corrected chi connectivity index (χ2v) is 6.74. The third-order valence-corrected chi connectivity index (χ3v) is 5.36. The van der Waals surface area contributed by atoms with Crippen molar-refractivity contribution in [1.82, 2.24) is 10.6 Å². The van der Waals surface area contributed by atoms with E-state index in [0.717, 1.165) is 37.7 Å². The van der Waals surface area contributed by atoms with Crippen LogP contribution in [0.25, 0.3) is 0 Å². The normalized spacial score (nSPS) is 33.0. The first-order chi connectivity index (χ1) is 9.73. The van der Waals surface area contributed by atoms with Crippen molar-refractivity contribution in [3.63, 3.8) is 0 Å². The van der Waals surface area contributed by atoms with Gasteiger partial charge in [-0.2, -0.15) is 0 Å². The maximum absolute atomic E-state index is 12.3. The molecule has 1 aliphatic carbocycles. The van der Waals surface area contributed by atoms with Crippen LogP contribution in [-0.4, -0.2) is 30.4 Å². The summed E-state index contributed by atoms with van der Waals surface area (Å²) in [7, 11) is 0. The van der Waals surface area contributed by atoms with Gasteiger partial charge in [-0.15, -0.1) is 0 Å². The van der Waals surface area contributed by atoms with Crippen LogP contribution in [0.3, 0.4) is 0 Å². The number of amides is 1. The van der Waals surface area contributed by atoms with Gasteiger partial charge in [0.05, 0.1) is 0 Å². The lowest BCUT2D eigenvalue weighted by Crippen LogP contribution is -2.47. The highest BCUT2D eigenvalue weighted by molar-refractivity contribution is 6.09. The molecule has 1 amide bonds. The van der Waals surface area contributed by atoms with Gasteiger partial charge >= 0.3 is 0 Å². The van der Waals surface area contributed by atoms with E-state index >= 15 is 0 Å². The van der Waals surface area contributed by atoms with E-state index in [1.54, 1.807) is 0 Å². The molecule has 20 heavy (non-hydrogen) atoms. The molecular weight excluding hydrogens is 250 g/mol. The minimum Gasteiger partial charge on any atom is -0.317 e. The maximum atomic E-state index is 12.3. The van der Waals surface area contributed by atoms with E-state index in [9.17, 15) is 4.79 Å². The van der Waals surface area contributed by atoms with E-state index in [-0.39, 0.29) is 5.91 Å². The molecular formula is C16H27N3O. The van der Waals surface area contributed by atoms with Gasteiger partial charge in [0.25, 0.3) is 5.91 Å². The Morgan fingerprint density at radius 1 is 1.20 bits per heavy atom. The van der Waals surface area contributed by atoms with E-state index in [4.69, 9.17) is 4.99 Å². The third kappa shape index (κ3) is 2.62. The number of piperidine rings is 1. The first kappa shape index (κ1) is 14.1. The monoisotopic (exact) mass is 277 g/mol. The lowest BCUT2D eigenvalue weighted by molar-refractivity contribution is -0.124. The van der Waals surface area contributed by atoms with Crippen molar-refractivity contribution < 1.29 is 4.79 Å². The number of amidine groups is 1. The fourth-order valence-corrected chi connectivity index (χ4v) is 4.05. The van der Waals surface area contributed by atoms with Crippen LogP contribution in [0.5, 0.6) is 0 Å². The van der Waals surface area contributed by atoms with Gasteiger partial charge in [-0.25, -0.2) is 0 Å². The Labute approximate surface area is 121 Å². The third-order valence-electron chi connectivity index (χ3n) is 5.36. The molecule has 1 saturated carbocycles. The average Bonchev–Trinajstić information content (AvgIpc) is 2.78. The smallest absolute Gasteiger partial charge is 0.253 e. The largest absolute Gasteiger partial charge is 0.317 e. The Balaban J connectivity index is 1.64. The molecule has 0 unspecified atom stereocenters. The van der Waals surface area contributed by atoms with Gasteiger partial charge in [-0.3, -0.25) is 9.79 Å². The topological polar surface area (TPSA) is 53.5 Å². The summed E-state index contributed by atoms with van der Waals surface area (Å²) in [6.45, 7) is 4.09. The van der Waals surface area contributed by atoms with Crippen molar-refractivity contribution in [3.8, 4) is 0 Å². The van der Waals surface area contributed by atoms with E-state index in [1.807, 2.05) is 0 Å². The molecule has 2 aliphatic heterocycles. The quantitative estimate of drug-likeness (QED) is 0.831. The van der Waals surface area contributed by atoms with Crippen LogP contribution in [0.4, 0.5) is 0 Å². The Hall–Kier alpha value is -0.900. The van der Waals surface area contributed by atoms with Crippen LogP contribution in [0.1, 0.15) is 58.3 Å². The summed E-state index contributed by atoms with van der Waals surface area (Å²) in [5.41, 5.74) is -0.430. The van der Waals surface area contributed by atoms with E-state index < -0.39 is 5.54 Å². The summed E-state index contributed by atoms with van der Waals surface area (Å²) in [5, 5.41) is 6.44. The molecule has 3 rings (SSSR count). The molecule has 0 aromatic heterocycles. The van der Waals surface area contributed by atoms with E-state index in [1.165, 1.54) is 38.5 Å². The van der Waals surface area contributed by atoms with Crippen LogP contribution in [0.15, 0.2) is 4.99 Å². The van der Waals surface area contributed by atoms with Crippen molar-refractivity contribution in [1.29, 1.82) is 0 Å². The minimum absolute atomic E-state index is 0.157. The molecule has 0 aromatic rings. The van der Waals surface area contributed by atoms with Gasteiger partial charge in [0.15, 0.2) is 0 Å². The van der Waals surface area contributed by atoms with E-state index in [0.29, 0.717) is 5.92 Å². The van der Waals surface area contributed by atoms with Crippen molar-refractivity contribution >= 4 is 11.7 Å². The zero-order valence-electron chi connectivity index (χ0n) is 12.6. The Kier molecular flexibility index (Phi) is 4.11. The molecule has 2 N–H and O–H groups in total. The zero-order valence-corrected chi connectivity index (χ0v) is 12.6. The molecule has 3 aliphatic rings. The molecule has 0 atom stereocenters. The number of hydrogen-bond acceptors (Lipinski definition) is 3. The summed E-state index contributed by atoms with van der Waals surface area (Å²) in [6, 6.07) is 0. The average molecular weight is 277 g/mol. The molecule has 1 spiro atoms. The van der Waals surface area contributed by atoms with Gasteiger partial charge in [-0.1, -0.05) is 19.8 Å². The minimum atomic E-state index is -0.430. The number of nitrogens with zero attached hydrogens (tertiary/aromatic N) is 1. The zero-order chi connectivity index (χ0) is 14.0. The molecule has 0 bridgehead atoms. The van der Waals surface area contributed by atoms with Crippen molar-refractivity contribution in [2.45, 2.75) is 63.8 Å². The van der Waals surface area contributed by atoms with Crippen LogP contribution in [-0.2, 0) is 4.79 Å². The SMILES string of the molecule is CCC[C@H]1CC[C@H](C2=NC3(CCNCC3)C(=O)N2)CC1. The highest BCUT2D eigenvalue weighted by Crippen LogP contribution is 2.35. The van der Waals surface area contributed by atoms with Crippen LogP contribution >= 0.6 is 0 Å². The van der Waals surface area contributed by atoms with Crippen LogP contribution in [0.2, 0.25) is 0 Å². The lowest BCUT2D eigenvalue weighted by Gasteiger charge is -2.28. The summed E-state index contributed by atoms with van der Waals surface area (Å²) < 4.78 is 0. The van der Waals surface area contributed by atoms with Gasteiger partial charge in [-0.05, 0) is 57.5 Å². The number of carbonyl (C=O) groups is 1. The molecule has 4 nitrogen and oxygen atoms in total. The summed E-state index contributed by atoms with van der Waals surface area (Å²) in [5.74, 6) is 2.57. The number of hydrogen-bond donors (Lipinski definition) is 2. The second kappa shape index (κ2) is 5.84. The second-order valence-electron chi connectivity index (χ2n) is 6.74. The highest BCUT2D eigenvalue weighted by atomic mass is 16.2. The number of nitrogens with one attached hydrogen (secondary N) is 2. The van der Waals surface area contributed by atoms with Crippen molar-refractivity contribution in [2.24, 2.45) is 16.8 Å². The van der Waals surface area contributed by atoms with Gasteiger partial charge < -0.3 is 10.6 Å². The Morgan fingerprint density at radius 2 is 1.90 bits per heavy atom. The fourth-order valence-electron chi connectivity index (χ4n) is 4.05. The molecule has 2 fully saturated rings. The summed E-state index contributed by atoms with van der Waals surface area (Å²) in [4.78, 5) is 17.2. The summed E-state index contributed by atoms with van der Waals surface area (Å²) >= 11 is 0.